The summed E-state index contributed by atoms with van der Waals surface area (Å²) in [5.74, 6) is 6.12. The number of hydrogen-bond acceptors (Lipinski definition) is 2. The van der Waals surface area contributed by atoms with Gasteiger partial charge in [-0.05, 0) is 36.4 Å². The summed E-state index contributed by atoms with van der Waals surface area (Å²) < 4.78 is 18.8. The number of nitriles is 1. The predicted molar refractivity (Wildman–Crippen MR) is 79.5 cm³/mol. The van der Waals surface area contributed by atoms with Crippen LogP contribution in [-0.4, -0.2) is 5.88 Å². The zero-order valence-electron chi connectivity index (χ0n) is 11.1. The molecule has 0 radical (unpaired) electrons. The third kappa shape index (κ3) is 4.24. The van der Waals surface area contributed by atoms with Gasteiger partial charge in [0.05, 0.1) is 17.5 Å². The summed E-state index contributed by atoms with van der Waals surface area (Å²) >= 11 is 5.51. The minimum Gasteiger partial charge on any atom is -0.489 e. The van der Waals surface area contributed by atoms with E-state index in [2.05, 4.69) is 11.8 Å². The van der Waals surface area contributed by atoms with Gasteiger partial charge in [-0.3, -0.25) is 0 Å². The Morgan fingerprint density at radius 1 is 1.19 bits per heavy atom. The molecule has 0 aliphatic carbocycles. The second-order valence-corrected chi connectivity index (χ2v) is 4.43. The molecule has 0 saturated heterocycles. The Balaban J connectivity index is 2.13. The summed E-state index contributed by atoms with van der Waals surface area (Å²) in [5, 5.41) is 8.99. The van der Waals surface area contributed by atoms with Crippen LogP contribution in [0.5, 0.6) is 5.75 Å². The van der Waals surface area contributed by atoms with E-state index >= 15 is 0 Å². The van der Waals surface area contributed by atoms with Crippen molar-refractivity contribution < 1.29 is 9.13 Å². The Morgan fingerprint density at radius 2 is 2.05 bits per heavy atom. The van der Waals surface area contributed by atoms with Gasteiger partial charge in [-0.15, -0.1) is 11.6 Å². The predicted octanol–water partition coefficient (Wildman–Crippen LogP) is 3.87. The van der Waals surface area contributed by atoms with Gasteiger partial charge in [0.15, 0.2) is 0 Å². The van der Waals surface area contributed by atoms with Crippen LogP contribution in [0.3, 0.4) is 0 Å². The van der Waals surface area contributed by atoms with Crippen molar-refractivity contribution >= 4 is 11.6 Å². The summed E-state index contributed by atoms with van der Waals surface area (Å²) in [6.45, 7) is 0.118. The molecule has 0 amide bonds. The first-order valence-electron chi connectivity index (χ1n) is 6.19. The van der Waals surface area contributed by atoms with E-state index in [1.54, 1.807) is 12.1 Å². The number of alkyl halides is 1. The fraction of sp³-hybridized carbons (Fsp3) is 0.118. The number of hydrogen-bond donors (Lipinski definition) is 0. The molecule has 2 nitrogen and oxygen atoms in total. The Labute approximate surface area is 127 Å². The van der Waals surface area contributed by atoms with E-state index in [9.17, 15) is 4.39 Å². The van der Waals surface area contributed by atoms with E-state index in [4.69, 9.17) is 21.6 Å². The van der Waals surface area contributed by atoms with Gasteiger partial charge in [0.1, 0.15) is 18.2 Å². The van der Waals surface area contributed by atoms with Gasteiger partial charge in [-0.2, -0.15) is 5.26 Å². The summed E-state index contributed by atoms with van der Waals surface area (Å²) in [7, 11) is 0. The van der Waals surface area contributed by atoms with Crippen LogP contribution in [0.15, 0.2) is 42.5 Å². The van der Waals surface area contributed by atoms with Gasteiger partial charge in [-0.25, -0.2) is 4.39 Å². The van der Waals surface area contributed by atoms with E-state index in [0.717, 1.165) is 5.56 Å². The summed E-state index contributed by atoms with van der Waals surface area (Å²) in [6.07, 6.45) is 0. The molecule has 0 fully saturated rings. The van der Waals surface area contributed by atoms with Crippen molar-refractivity contribution in [3.63, 3.8) is 0 Å². The van der Waals surface area contributed by atoms with E-state index in [-0.39, 0.29) is 12.5 Å². The van der Waals surface area contributed by atoms with E-state index < -0.39 is 5.82 Å². The van der Waals surface area contributed by atoms with Crippen LogP contribution in [0.4, 0.5) is 4.39 Å². The van der Waals surface area contributed by atoms with Gasteiger partial charge >= 0.3 is 0 Å². The van der Waals surface area contributed by atoms with Crippen molar-refractivity contribution in [2.45, 2.75) is 6.61 Å². The van der Waals surface area contributed by atoms with Gasteiger partial charge < -0.3 is 4.74 Å². The molecule has 0 heterocycles. The molecule has 0 spiro atoms. The zero-order chi connectivity index (χ0) is 15.1. The molecule has 2 aromatic carbocycles. The van der Waals surface area contributed by atoms with Crippen molar-refractivity contribution in [2.75, 3.05) is 5.88 Å². The smallest absolute Gasteiger partial charge is 0.123 e. The highest BCUT2D eigenvalue weighted by Crippen LogP contribution is 2.17. The van der Waals surface area contributed by atoms with Crippen LogP contribution in [0.2, 0.25) is 0 Å². The number of ether oxygens (including phenoxy) is 1. The Kier molecular flexibility index (Phi) is 5.21. The third-order valence-electron chi connectivity index (χ3n) is 2.72. The molecule has 2 rings (SSSR count). The minimum absolute atomic E-state index is 0.118. The number of nitrogens with zero attached hydrogens (tertiary/aromatic N) is 1. The molecular formula is C17H11ClFNO. The summed E-state index contributed by atoms with van der Waals surface area (Å²) in [5.41, 5.74) is 1.69. The van der Waals surface area contributed by atoms with Crippen molar-refractivity contribution in [1.29, 1.82) is 5.26 Å². The van der Waals surface area contributed by atoms with Gasteiger partial charge in [-0.1, -0.05) is 17.9 Å². The van der Waals surface area contributed by atoms with Gasteiger partial charge in [0, 0.05) is 11.1 Å². The Morgan fingerprint density at radius 3 is 2.81 bits per heavy atom. The van der Waals surface area contributed by atoms with Crippen LogP contribution in [0, 0.1) is 29.0 Å². The lowest BCUT2D eigenvalue weighted by molar-refractivity contribution is 0.305. The molecule has 0 aromatic heterocycles. The molecule has 0 atom stereocenters. The van der Waals surface area contributed by atoms with Crippen LogP contribution >= 0.6 is 11.6 Å². The molecule has 0 unspecified atom stereocenters. The quantitative estimate of drug-likeness (QED) is 0.637. The van der Waals surface area contributed by atoms with Crippen molar-refractivity contribution in [1.82, 2.24) is 0 Å². The molecule has 0 aliphatic rings. The highest BCUT2D eigenvalue weighted by Gasteiger charge is 2.05. The normalized spacial score (nSPS) is 9.38. The summed E-state index contributed by atoms with van der Waals surface area (Å²) in [6, 6.07) is 13.2. The van der Waals surface area contributed by atoms with Gasteiger partial charge in [0.2, 0.25) is 0 Å². The van der Waals surface area contributed by atoms with E-state index in [0.29, 0.717) is 16.9 Å². The first-order chi connectivity index (χ1) is 10.2. The van der Waals surface area contributed by atoms with Crippen molar-refractivity contribution in [3.05, 3.63) is 65.0 Å². The molecule has 0 bridgehead atoms. The fourth-order valence-electron chi connectivity index (χ4n) is 1.75. The van der Waals surface area contributed by atoms with Crippen LogP contribution in [0.25, 0.3) is 0 Å². The first-order valence-corrected chi connectivity index (χ1v) is 6.72. The minimum atomic E-state index is -0.394. The highest BCUT2D eigenvalue weighted by atomic mass is 35.5. The molecule has 0 aliphatic heterocycles. The molecule has 21 heavy (non-hydrogen) atoms. The second kappa shape index (κ2) is 7.33. The maximum atomic E-state index is 13.2. The SMILES string of the molecule is N#Cc1ccc(F)cc1COc1cccc(C#CCCl)c1. The topological polar surface area (TPSA) is 33.0 Å². The lowest BCUT2D eigenvalue weighted by Crippen LogP contribution is -1.99. The van der Waals surface area contributed by atoms with Crippen molar-refractivity contribution in [2.24, 2.45) is 0 Å². The number of benzene rings is 2. The monoisotopic (exact) mass is 299 g/mol. The largest absolute Gasteiger partial charge is 0.489 e. The lowest BCUT2D eigenvalue weighted by Gasteiger charge is -2.08. The van der Waals surface area contributed by atoms with Gasteiger partial charge in [0.25, 0.3) is 0 Å². The Bertz CT molecular complexity index is 740. The molecule has 2 aromatic rings. The maximum absolute atomic E-state index is 13.2. The average Bonchev–Trinajstić information content (AvgIpc) is 2.51. The van der Waals surface area contributed by atoms with Crippen LogP contribution < -0.4 is 4.74 Å². The molecule has 104 valence electrons. The molecule has 4 heteroatoms. The fourth-order valence-corrected chi connectivity index (χ4v) is 1.82. The number of rotatable bonds is 3. The maximum Gasteiger partial charge on any atom is 0.123 e. The first kappa shape index (κ1) is 14.9. The second-order valence-electron chi connectivity index (χ2n) is 4.17. The Hall–Kier alpha value is -2.49. The van der Waals surface area contributed by atoms with Crippen LogP contribution in [0.1, 0.15) is 16.7 Å². The van der Waals surface area contributed by atoms with E-state index in [1.807, 2.05) is 18.2 Å². The third-order valence-corrected chi connectivity index (χ3v) is 2.85. The van der Waals surface area contributed by atoms with E-state index in [1.165, 1.54) is 18.2 Å². The molecule has 0 saturated carbocycles. The molecule has 0 N–H and O–H groups in total. The standard InChI is InChI=1S/C17H11ClFNO/c18-8-2-4-13-3-1-5-17(9-13)21-12-15-10-16(19)7-6-14(15)11-20/h1,3,5-7,9-10H,8,12H2. The zero-order valence-corrected chi connectivity index (χ0v) is 11.8. The highest BCUT2D eigenvalue weighted by molar-refractivity contribution is 6.19. The summed E-state index contributed by atoms with van der Waals surface area (Å²) in [4.78, 5) is 0. The molecular weight excluding hydrogens is 289 g/mol. The van der Waals surface area contributed by atoms with Crippen molar-refractivity contribution in [3.8, 4) is 23.7 Å². The lowest BCUT2D eigenvalue weighted by atomic mass is 10.1. The average molecular weight is 300 g/mol. The number of halogens is 2. The van der Waals surface area contributed by atoms with Crippen LogP contribution in [-0.2, 0) is 6.61 Å².